The van der Waals surface area contributed by atoms with Crippen molar-refractivity contribution in [3.05, 3.63) is 0 Å². The minimum atomic E-state index is -0.968. The van der Waals surface area contributed by atoms with E-state index in [0.717, 1.165) is 0 Å². The third-order valence-electron chi connectivity index (χ3n) is 2.67. The standard InChI is InChI=1S/C8H9ClINO3S/c1-7(2)3(4(12)13)11-5(14)8(9,10)6(11)15-7/h3,6H,1-2H3,(H,12,13)/t3-,6+,8?/m0/s1. The molecule has 0 saturated carbocycles. The number of nitrogens with zero attached hydrogens (tertiary/aromatic N) is 1. The monoisotopic (exact) mass is 361 g/mol. The summed E-state index contributed by atoms with van der Waals surface area (Å²) in [6.45, 7) is 3.65. The van der Waals surface area contributed by atoms with Gasteiger partial charge in [0.25, 0.3) is 5.91 Å². The van der Waals surface area contributed by atoms with E-state index in [4.69, 9.17) is 16.7 Å². The van der Waals surface area contributed by atoms with Crippen molar-refractivity contribution in [3.63, 3.8) is 0 Å². The molecule has 3 atom stereocenters. The first-order chi connectivity index (χ1) is 6.69. The van der Waals surface area contributed by atoms with Crippen molar-refractivity contribution in [1.29, 1.82) is 0 Å². The molecule has 1 unspecified atom stereocenters. The average molecular weight is 362 g/mol. The van der Waals surface area contributed by atoms with Gasteiger partial charge in [0.05, 0.1) is 0 Å². The zero-order valence-corrected chi connectivity index (χ0v) is 11.8. The Morgan fingerprint density at radius 1 is 1.67 bits per heavy atom. The summed E-state index contributed by atoms with van der Waals surface area (Å²) in [5.74, 6) is -1.26. The number of hydrogen-bond acceptors (Lipinski definition) is 3. The van der Waals surface area contributed by atoms with Gasteiger partial charge in [0, 0.05) is 4.75 Å². The van der Waals surface area contributed by atoms with E-state index < -0.39 is 19.6 Å². The Morgan fingerprint density at radius 2 is 2.20 bits per heavy atom. The van der Waals surface area contributed by atoms with E-state index in [0.29, 0.717) is 0 Å². The molecule has 1 amide bonds. The third-order valence-corrected chi connectivity index (χ3v) is 6.27. The lowest BCUT2D eigenvalue weighted by atomic mass is 9.98. The Hall–Kier alpha value is 0.310. The molecular weight excluding hydrogens is 353 g/mol. The second-order valence-corrected chi connectivity index (χ2v) is 8.82. The van der Waals surface area contributed by atoms with Crippen LogP contribution >= 0.6 is 46.0 Å². The van der Waals surface area contributed by atoms with Crippen molar-refractivity contribution in [1.82, 2.24) is 4.90 Å². The molecule has 84 valence electrons. The number of carbonyl (C=O) groups excluding carboxylic acids is 1. The molecule has 2 rings (SSSR count). The zero-order valence-electron chi connectivity index (χ0n) is 8.03. The molecule has 4 nitrogen and oxygen atoms in total. The van der Waals surface area contributed by atoms with Crippen LogP contribution in [0.25, 0.3) is 0 Å². The van der Waals surface area contributed by atoms with Crippen molar-refractivity contribution in [2.24, 2.45) is 0 Å². The molecule has 15 heavy (non-hydrogen) atoms. The fraction of sp³-hybridized carbons (Fsp3) is 0.750. The summed E-state index contributed by atoms with van der Waals surface area (Å²) in [7, 11) is 0. The quantitative estimate of drug-likeness (QED) is 0.437. The van der Waals surface area contributed by atoms with Gasteiger partial charge in [-0.05, 0) is 36.4 Å². The number of carboxylic acid groups (broad SMARTS) is 1. The van der Waals surface area contributed by atoms with Crippen molar-refractivity contribution in [2.75, 3.05) is 0 Å². The molecule has 0 bridgehead atoms. The lowest BCUT2D eigenvalue weighted by Crippen LogP contribution is -2.68. The van der Waals surface area contributed by atoms with Crippen molar-refractivity contribution < 1.29 is 14.7 Å². The van der Waals surface area contributed by atoms with Gasteiger partial charge < -0.3 is 10.0 Å². The number of aliphatic carboxylic acids is 1. The molecule has 0 aromatic rings. The number of fused-ring (bicyclic) bond motifs is 1. The van der Waals surface area contributed by atoms with E-state index >= 15 is 0 Å². The Kier molecular flexibility index (Phi) is 2.49. The van der Waals surface area contributed by atoms with Crippen LogP contribution in [0.5, 0.6) is 0 Å². The SMILES string of the molecule is CC1(C)S[C@H]2N(C(=O)C2(Cl)I)[C@H]1C(=O)O. The van der Waals surface area contributed by atoms with Crippen LogP contribution in [0.3, 0.4) is 0 Å². The third kappa shape index (κ3) is 1.40. The fourth-order valence-corrected chi connectivity index (χ4v) is 4.77. The highest BCUT2D eigenvalue weighted by Gasteiger charge is 2.70. The highest BCUT2D eigenvalue weighted by Crippen LogP contribution is 2.59. The molecule has 0 radical (unpaired) electrons. The van der Waals surface area contributed by atoms with Gasteiger partial charge in [0.15, 0.2) is 0 Å². The van der Waals surface area contributed by atoms with Crippen LogP contribution in [0.4, 0.5) is 0 Å². The van der Waals surface area contributed by atoms with Crippen LogP contribution in [0.15, 0.2) is 0 Å². The summed E-state index contributed by atoms with van der Waals surface area (Å²) in [6.07, 6.45) is 0. The second-order valence-electron chi connectivity index (χ2n) is 4.15. The van der Waals surface area contributed by atoms with E-state index in [9.17, 15) is 9.59 Å². The molecule has 7 heteroatoms. The molecule has 2 aliphatic rings. The maximum atomic E-state index is 11.7. The molecular formula is C8H9ClINO3S. The first-order valence-corrected chi connectivity index (χ1v) is 6.64. The van der Waals surface area contributed by atoms with Crippen LogP contribution in [0, 0.1) is 0 Å². The van der Waals surface area contributed by atoms with Crippen LogP contribution in [0.1, 0.15) is 13.8 Å². The lowest BCUT2D eigenvalue weighted by Gasteiger charge is -2.45. The first-order valence-electron chi connectivity index (χ1n) is 4.31. The van der Waals surface area contributed by atoms with E-state index in [1.54, 1.807) is 0 Å². The molecule has 0 aromatic carbocycles. The largest absolute Gasteiger partial charge is 0.480 e. The van der Waals surface area contributed by atoms with Gasteiger partial charge in [-0.1, -0.05) is 11.6 Å². The number of carboxylic acids is 1. The predicted octanol–water partition coefficient (Wildman–Crippen LogP) is 1.50. The second kappa shape index (κ2) is 3.16. The molecule has 1 N–H and O–H groups in total. The molecule has 2 saturated heterocycles. The van der Waals surface area contributed by atoms with E-state index in [1.807, 2.05) is 36.4 Å². The van der Waals surface area contributed by atoms with Gasteiger partial charge in [-0.3, -0.25) is 4.79 Å². The topological polar surface area (TPSA) is 57.6 Å². The Bertz CT molecular complexity index is 360. The van der Waals surface area contributed by atoms with Crippen LogP contribution in [0.2, 0.25) is 0 Å². The van der Waals surface area contributed by atoms with Gasteiger partial charge in [-0.25, -0.2) is 4.79 Å². The summed E-state index contributed by atoms with van der Waals surface area (Å²) < 4.78 is -1.46. The molecule has 0 aliphatic carbocycles. The minimum absolute atomic E-state index is 0.233. The smallest absolute Gasteiger partial charge is 0.327 e. The minimum Gasteiger partial charge on any atom is -0.480 e. The molecule has 2 fully saturated rings. The maximum Gasteiger partial charge on any atom is 0.327 e. The van der Waals surface area contributed by atoms with Crippen molar-refractivity contribution in [3.8, 4) is 0 Å². The van der Waals surface area contributed by atoms with Crippen molar-refractivity contribution >= 4 is 57.8 Å². The first kappa shape index (κ1) is 11.8. The van der Waals surface area contributed by atoms with E-state index in [2.05, 4.69) is 0 Å². The van der Waals surface area contributed by atoms with Gasteiger partial charge in [0.2, 0.25) is 2.88 Å². The average Bonchev–Trinajstić information content (AvgIpc) is 2.35. The van der Waals surface area contributed by atoms with Gasteiger partial charge in [0.1, 0.15) is 11.4 Å². The van der Waals surface area contributed by atoms with Crippen LogP contribution in [-0.2, 0) is 9.59 Å². The Balaban J connectivity index is 2.37. The Morgan fingerprint density at radius 3 is 2.67 bits per heavy atom. The summed E-state index contributed by atoms with van der Waals surface area (Å²) >= 11 is 9.37. The van der Waals surface area contributed by atoms with Crippen LogP contribution < -0.4 is 0 Å². The predicted molar refractivity (Wildman–Crippen MR) is 66.3 cm³/mol. The summed E-state index contributed by atoms with van der Waals surface area (Å²) in [4.78, 5) is 24.2. The number of carbonyl (C=O) groups is 2. The molecule has 0 aromatic heterocycles. The normalized spacial score (nSPS) is 42.4. The number of alkyl halides is 2. The number of thioether (sulfide) groups is 1. The van der Waals surface area contributed by atoms with Gasteiger partial charge in [-0.2, -0.15) is 0 Å². The highest BCUT2D eigenvalue weighted by atomic mass is 127. The highest BCUT2D eigenvalue weighted by molar-refractivity contribution is 14.1. The van der Waals surface area contributed by atoms with Crippen LogP contribution in [-0.4, -0.2) is 40.9 Å². The lowest BCUT2D eigenvalue weighted by molar-refractivity contribution is -0.157. The van der Waals surface area contributed by atoms with E-state index in [1.165, 1.54) is 16.7 Å². The van der Waals surface area contributed by atoms with E-state index in [-0.39, 0.29) is 11.3 Å². The maximum absolute atomic E-state index is 11.7. The zero-order chi connectivity index (χ0) is 11.6. The summed E-state index contributed by atoms with van der Waals surface area (Å²) in [5.41, 5.74) is 0. The van der Waals surface area contributed by atoms with Crippen molar-refractivity contribution in [2.45, 2.75) is 32.9 Å². The number of β-lactam (4-membered cyclic amide) rings is 1. The number of halogens is 2. The summed E-state index contributed by atoms with van der Waals surface area (Å²) in [6, 6.07) is -0.776. The van der Waals surface area contributed by atoms with Gasteiger partial charge in [-0.15, -0.1) is 11.8 Å². The number of hydrogen-bond donors (Lipinski definition) is 1. The molecule has 0 spiro atoms. The number of amides is 1. The summed E-state index contributed by atoms with van der Waals surface area (Å²) in [5, 5.41) is 8.87. The molecule has 2 heterocycles. The molecule has 2 aliphatic heterocycles. The van der Waals surface area contributed by atoms with Gasteiger partial charge >= 0.3 is 5.97 Å². The number of rotatable bonds is 1. The fourth-order valence-electron chi connectivity index (χ4n) is 1.98. The Labute approximate surface area is 110 Å².